The molecule has 0 N–H and O–H groups in total. The van der Waals surface area contributed by atoms with Gasteiger partial charge in [-0.25, -0.2) is 0 Å². The Kier molecular flexibility index (Phi) is 8.39. The van der Waals surface area contributed by atoms with Crippen LogP contribution in [0.2, 0.25) is 0 Å². The summed E-state index contributed by atoms with van der Waals surface area (Å²) in [4.78, 5) is 12.5. The van der Waals surface area contributed by atoms with Crippen molar-refractivity contribution in [2.45, 2.75) is 56.8 Å². The lowest BCUT2D eigenvalue weighted by molar-refractivity contribution is -0.142. The predicted molar refractivity (Wildman–Crippen MR) is 81.7 cm³/mol. The Labute approximate surface area is 122 Å². The van der Waals surface area contributed by atoms with Crippen LogP contribution in [-0.2, 0) is 16.0 Å². The standard InChI is InChI=1S/C16H24O2S/c1-2-3-4-5-6-7-12-18-16(17)13-14-8-10-15(19)11-9-14/h8-11,19H,2-7,12-13H2,1H3. The van der Waals surface area contributed by atoms with Gasteiger partial charge < -0.3 is 4.74 Å². The maximum Gasteiger partial charge on any atom is 0.310 e. The molecule has 1 rings (SSSR count). The molecule has 0 radical (unpaired) electrons. The fourth-order valence-corrected chi connectivity index (χ4v) is 2.05. The van der Waals surface area contributed by atoms with Crippen LogP contribution >= 0.6 is 12.6 Å². The Balaban J connectivity index is 2.06. The van der Waals surface area contributed by atoms with E-state index >= 15 is 0 Å². The zero-order chi connectivity index (χ0) is 13.9. The number of hydrogen-bond acceptors (Lipinski definition) is 3. The zero-order valence-electron chi connectivity index (χ0n) is 11.7. The second-order valence-electron chi connectivity index (χ2n) is 4.83. The number of unbranched alkanes of at least 4 members (excludes halogenated alkanes) is 5. The summed E-state index contributed by atoms with van der Waals surface area (Å²) < 4.78 is 5.22. The lowest BCUT2D eigenvalue weighted by atomic mass is 10.1. The summed E-state index contributed by atoms with van der Waals surface area (Å²) in [5, 5.41) is 0. The molecule has 0 bridgehead atoms. The molecule has 0 amide bonds. The summed E-state index contributed by atoms with van der Waals surface area (Å²) in [5.74, 6) is -0.138. The average Bonchev–Trinajstić information content (AvgIpc) is 2.40. The number of carbonyl (C=O) groups excluding carboxylic acids is 1. The van der Waals surface area contributed by atoms with E-state index < -0.39 is 0 Å². The molecule has 2 nitrogen and oxygen atoms in total. The average molecular weight is 280 g/mol. The van der Waals surface area contributed by atoms with Gasteiger partial charge in [0, 0.05) is 4.90 Å². The van der Waals surface area contributed by atoms with Crippen LogP contribution in [0.25, 0.3) is 0 Å². The molecule has 0 aromatic heterocycles. The second-order valence-corrected chi connectivity index (χ2v) is 5.35. The van der Waals surface area contributed by atoms with Crippen molar-refractivity contribution in [3.05, 3.63) is 29.8 Å². The topological polar surface area (TPSA) is 26.3 Å². The number of benzene rings is 1. The Morgan fingerprint density at radius 2 is 1.68 bits per heavy atom. The van der Waals surface area contributed by atoms with Crippen molar-refractivity contribution in [1.82, 2.24) is 0 Å². The zero-order valence-corrected chi connectivity index (χ0v) is 12.6. The summed E-state index contributed by atoms with van der Waals surface area (Å²) in [5.41, 5.74) is 0.978. The van der Waals surface area contributed by atoms with Crippen molar-refractivity contribution >= 4 is 18.6 Å². The van der Waals surface area contributed by atoms with Gasteiger partial charge in [-0.15, -0.1) is 12.6 Å². The monoisotopic (exact) mass is 280 g/mol. The Morgan fingerprint density at radius 1 is 1.05 bits per heavy atom. The van der Waals surface area contributed by atoms with E-state index in [1.165, 1.54) is 25.7 Å². The minimum atomic E-state index is -0.138. The maximum atomic E-state index is 11.6. The largest absolute Gasteiger partial charge is 0.465 e. The van der Waals surface area contributed by atoms with Crippen LogP contribution < -0.4 is 0 Å². The Hall–Kier alpha value is -0.960. The third kappa shape index (κ3) is 7.93. The molecular weight excluding hydrogens is 256 g/mol. The van der Waals surface area contributed by atoms with Crippen molar-refractivity contribution in [2.75, 3.05) is 6.61 Å². The first-order valence-electron chi connectivity index (χ1n) is 7.16. The van der Waals surface area contributed by atoms with Gasteiger partial charge in [0.2, 0.25) is 0 Å². The highest BCUT2D eigenvalue weighted by molar-refractivity contribution is 7.80. The molecule has 19 heavy (non-hydrogen) atoms. The van der Waals surface area contributed by atoms with Crippen molar-refractivity contribution in [2.24, 2.45) is 0 Å². The van der Waals surface area contributed by atoms with E-state index in [1.807, 2.05) is 24.3 Å². The molecule has 0 saturated carbocycles. The van der Waals surface area contributed by atoms with E-state index in [-0.39, 0.29) is 5.97 Å². The predicted octanol–water partition coefficient (Wildman–Crippen LogP) is 4.42. The molecule has 0 aliphatic rings. The van der Waals surface area contributed by atoms with E-state index in [4.69, 9.17) is 4.74 Å². The minimum Gasteiger partial charge on any atom is -0.465 e. The quantitative estimate of drug-likeness (QED) is 0.412. The summed E-state index contributed by atoms with van der Waals surface area (Å²) in [6, 6.07) is 7.60. The van der Waals surface area contributed by atoms with Crippen LogP contribution in [0, 0.1) is 0 Å². The van der Waals surface area contributed by atoms with Crippen molar-refractivity contribution in [3.63, 3.8) is 0 Å². The molecular formula is C16H24O2S. The number of esters is 1. The fraction of sp³-hybridized carbons (Fsp3) is 0.562. The molecule has 0 aliphatic heterocycles. The van der Waals surface area contributed by atoms with E-state index in [9.17, 15) is 4.79 Å². The lowest BCUT2D eigenvalue weighted by Crippen LogP contribution is -2.09. The lowest BCUT2D eigenvalue weighted by Gasteiger charge is -2.05. The normalized spacial score (nSPS) is 10.4. The number of hydrogen-bond donors (Lipinski definition) is 1. The third-order valence-corrected chi connectivity index (χ3v) is 3.34. The molecule has 0 fully saturated rings. The first kappa shape index (κ1) is 16.1. The van der Waals surface area contributed by atoms with Gasteiger partial charge in [0.15, 0.2) is 0 Å². The molecule has 0 unspecified atom stereocenters. The van der Waals surface area contributed by atoms with E-state index in [1.54, 1.807) is 0 Å². The molecule has 0 atom stereocenters. The molecule has 0 spiro atoms. The number of carbonyl (C=O) groups is 1. The maximum absolute atomic E-state index is 11.6. The van der Waals surface area contributed by atoms with Crippen LogP contribution in [0.1, 0.15) is 51.0 Å². The van der Waals surface area contributed by atoms with Crippen LogP contribution in [0.4, 0.5) is 0 Å². The van der Waals surface area contributed by atoms with Gasteiger partial charge in [0.1, 0.15) is 0 Å². The summed E-state index contributed by atoms with van der Waals surface area (Å²) in [7, 11) is 0. The molecule has 0 heterocycles. The summed E-state index contributed by atoms with van der Waals surface area (Å²) in [6.45, 7) is 2.76. The van der Waals surface area contributed by atoms with Crippen molar-refractivity contribution < 1.29 is 9.53 Å². The van der Waals surface area contributed by atoms with Crippen LogP contribution in [0.5, 0.6) is 0 Å². The van der Waals surface area contributed by atoms with Crippen LogP contribution in [0.3, 0.4) is 0 Å². The number of thiol groups is 1. The molecule has 1 aromatic rings. The molecule has 3 heteroatoms. The van der Waals surface area contributed by atoms with Crippen molar-refractivity contribution in [1.29, 1.82) is 0 Å². The van der Waals surface area contributed by atoms with E-state index in [0.717, 1.165) is 23.3 Å². The first-order chi connectivity index (χ1) is 9.22. The second kappa shape index (κ2) is 9.90. The molecule has 106 valence electrons. The van der Waals surface area contributed by atoms with Gasteiger partial charge >= 0.3 is 5.97 Å². The summed E-state index contributed by atoms with van der Waals surface area (Å²) in [6.07, 6.45) is 7.59. The van der Waals surface area contributed by atoms with Crippen LogP contribution in [-0.4, -0.2) is 12.6 Å². The molecule has 0 aliphatic carbocycles. The third-order valence-electron chi connectivity index (χ3n) is 3.05. The minimum absolute atomic E-state index is 0.138. The number of rotatable bonds is 9. The van der Waals surface area contributed by atoms with Crippen LogP contribution in [0.15, 0.2) is 29.2 Å². The van der Waals surface area contributed by atoms with E-state index in [0.29, 0.717) is 13.0 Å². The summed E-state index contributed by atoms with van der Waals surface area (Å²) >= 11 is 4.21. The van der Waals surface area contributed by atoms with E-state index in [2.05, 4.69) is 19.6 Å². The smallest absolute Gasteiger partial charge is 0.310 e. The van der Waals surface area contributed by atoms with Crippen molar-refractivity contribution in [3.8, 4) is 0 Å². The van der Waals surface area contributed by atoms with Gasteiger partial charge in [-0.05, 0) is 24.1 Å². The van der Waals surface area contributed by atoms with Gasteiger partial charge in [-0.3, -0.25) is 4.79 Å². The fourth-order valence-electron chi connectivity index (χ4n) is 1.90. The molecule has 0 saturated heterocycles. The highest BCUT2D eigenvalue weighted by atomic mass is 32.1. The van der Waals surface area contributed by atoms with Gasteiger partial charge in [0.05, 0.1) is 13.0 Å². The Morgan fingerprint density at radius 3 is 2.37 bits per heavy atom. The SMILES string of the molecule is CCCCCCCCOC(=O)Cc1ccc(S)cc1. The number of ether oxygens (including phenoxy) is 1. The van der Waals surface area contributed by atoms with Gasteiger partial charge in [-0.1, -0.05) is 51.2 Å². The highest BCUT2D eigenvalue weighted by Gasteiger charge is 2.04. The Bertz CT molecular complexity index is 360. The first-order valence-corrected chi connectivity index (χ1v) is 7.60. The highest BCUT2D eigenvalue weighted by Crippen LogP contribution is 2.09. The molecule has 1 aromatic carbocycles. The van der Waals surface area contributed by atoms with Gasteiger partial charge in [-0.2, -0.15) is 0 Å². The van der Waals surface area contributed by atoms with Gasteiger partial charge in [0.25, 0.3) is 0 Å².